The molecule has 1 aliphatic heterocycles. The maximum Gasteiger partial charge on any atom is 0.416 e. The summed E-state index contributed by atoms with van der Waals surface area (Å²) < 4.78 is 40.2. The van der Waals surface area contributed by atoms with Gasteiger partial charge in [-0.3, -0.25) is 10.1 Å². The van der Waals surface area contributed by atoms with Gasteiger partial charge in [0.15, 0.2) is 5.83 Å². The fourth-order valence-electron chi connectivity index (χ4n) is 4.64. The quantitative estimate of drug-likeness (QED) is 0.169. The SMILES string of the molecule is CN(C)C(=O)[C@]12C[C@H]1[C@@](C)(c1cc(/C=C(\F)c3cnc(Cl)cn3)cnc1F)N=C(OC(=O)NCOCC[Si](C)(C)C)S2. The Kier molecular flexibility index (Phi) is 9.40. The summed E-state index contributed by atoms with van der Waals surface area (Å²) in [5, 5.41) is 2.54. The van der Waals surface area contributed by atoms with Crippen LogP contribution in [-0.4, -0.2) is 77.3 Å². The van der Waals surface area contributed by atoms with Gasteiger partial charge in [-0.15, -0.1) is 0 Å². The predicted molar refractivity (Wildman–Crippen MR) is 161 cm³/mol. The van der Waals surface area contributed by atoms with Gasteiger partial charge in [0.2, 0.25) is 11.9 Å². The molecular formula is C27H33ClF2N6O4SSi. The van der Waals surface area contributed by atoms with Crippen LogP contribution in [0.15, 0.2) is 29.6 Å². The molecule has 0 radical (unpaired) electrons. The number of rotatable bonds is 9. The fourth-order valence-corrected chi connectivity index (χ4v) is 7.05. The van der Waals surface area contributed by atoms with Gasteiger partial charge in [0.05, 0.1) is 17.9 Å². The summed E-state index contributed by atoms with van der Waals surface area (Å²) in [4.78, 5) is 43.5. The van der Waals surface area contributed by atoms with Gasteiger partial charge < -0.3 is 14.4 Å². The Hall–Kier alpha value is -2.94. The number of hydrogen-bond donors (Lipinski definition) is 1. The van der Waals surface area contributed by atoms with Gasteiger partial charge in [-0.25, -0.2) is 29.1 Å². The summed E-state index contributed by atoms with van der Waals surface area (Å²) in [7, 11) is 1.96. The number of thioether (sulfide) groups is 1. The Labute approximate surface area is 253 Å². The number of carbonyl (C=O) groups excluding carboxylic acids is 2. The largest absolute Gasteiger partial charge is 0.416 e. The average molecular weight is 639 g/mol. The lowest BCUT2D eigenvalue weighted by molar-refractivity contribution is -0.129. The number of halogens is 3. The normalized spacial score (nSPS) is 23.5. The standard InChI is InChI=1S/C27H33ClF2N6O4SSi/c1-26(17-9-16(12-33-22(17)30)10-18(29)19-13-32-21(28)14-31-19)20-11-27(20,23(37)36(2)3)41-25(35-26)40-24(38)34-15-39-7-8-42(4,5)6/h9-10,12-14,20H,7-8,11,15H2,1-6H3,(H,34,38)/b18-10-/t20-,26+,27-/m0/s1. The van der Waals surface area contributed by atoms with Gasteiger partial charge in [0.1, 0.15) is 22.3 Å². The van der Waals surface area contributed by atoms with Gasteiger partial charge in [-0.2, -0.15) is 4.39 Å². The first-order valence-electron chi connectivity index (χ1n) is 13.2. The van der Waals surface area contributed by atoms with Crippen LogP contribution in [-0.2, 0) is 19.8 Å². The molecule has 0 aromatic carbocycles. The number of hydrogen-bond acceptors (Lipinski definition) is 9. The molecule has 2 aromatic rings. The second-order valence-corrected chi connectivity index (χ2v) is 19.0. The van der Waals surface area contributed by atoms with Crippen LogP contribution in [0.5, 0.6) is 0 Å². The third-order valence-corrected chi connectivity index (χ3v) is 10.2. The van der Waals surface area contributed by atoms with Crippen LogP contribution in [0, 0.1) is 11.9 Å². The highest BCUT2D eigenvalue weighted by Gasteiger charge is 2.72. The molecule has 4 rings (SSSR count). The minimum absolute atomic E-state index is 0.0289. The van der Waals surface area contributed by atoms with E-state index in [0.29, 0.717) is 13.0 Å². The molecule has 10 nitrogen and oxygen atoms in total. The minimum atomic E-state index is -1.35. The number of carbonyl (C=O) groups is 2. The van der Waals surface area contributed by atoms with Crippen LogP contribution >= 0.6 is 23.4 Å². The van der Waals surface area contributed by atoms with E-state index in [0.717, 1.165) is 23.9 Å². The van der Waals surface area contributed by atoms with Crippen LogP contribution < -0.4 is 5.32 Å². The van der Waals surface area contributed by atoms with E-state index in [2.05, 4.69) is 44.9 Å². The van der Waals surface area contributed by atoms with Gasteiger partial charge in [-0.1, -0.05) is 31.2 Å². The molecule has 1 saturated carbocycles. The molecule has 1 aliphatic carbocycles. The number of aliphatic imine (C=N–C) groups is 1. The third kappa shape index (κ3) is 7.16. The zero-order chi connectivity index (χ0) is 30.9. The number of amides is 2. The Bertz CT molecular complexity index is 1420. The first-order valence-corrected chi connectivity index (χ1v) is 18.1. The molecule has 3 atom stereocenters. The number of nitrogens with zero attached hydrogens (tertiary/aromatic N) is 5. The molecule has 0 unspecified atom stereocenters. The van der Waals surface area contributed by atoms with Crippen molar-refractivity contribution in [2.75, 3.05) is 27.4 Å². The summed E-state index contributed by atoms with van der Waals surface area (Å²) in [6, 6.07) is 2.35. The lowest BCUT2D eigenvalue weighted by atomic mass is 9.86. The van der Waals surface area contributed by atoms with E-state index in [1.807, 2.05) is 0 Å². The third-order valence-electron chi connectivity index (χ3n) is 7.01. The van der Waals surface area contributed by atoms with Gasteiger partial charge in [0.25, 0.3) is 5.23 Å². The van der Waals surface area contributed by atoms with Crippen molar-refractivity contribution in [3.05, 3.63) is 52.6 Å². The zero-order valence-corrected chi connectivity index (χ0v) is 26.8. The summed E-state index contributed by atoms with van der Waals surface area (Å²) in [6.07, 6.45) is 4.23. The maximum absolute atomic E-state index is 15.3. The van der Waals surface area contributed by atoms with E-state index in [1.54, 1.807) is 21.0 Å². The van der Waals surface area contributed by atoms with Crippen molar-refractivity contribution in [1.82, 2.24) is 25.2 Å². The lowest BCUT2D eigenvalue weighted by Crippen LogP contribution is -2.43. The molecule has 0 bridgehead atoms. The van der Waals surface area contributed by atoms with E-state index < -0.39 is 42.1 Å². The van der Waals surface area contributed by atoms with Gasteiger partial charge in [0, 0.05) is 46.5 Å². The number of fused-ring (bicyclic) bond motifs is 1. The number of ether oxygens (including phenoxy) is 2. The number of nitrogens with one attached hydrogen (secondary N) is 1. The van der Waals surface area contributed by atoms with Crippen molar-refractivity contribution >= 4 is 60.6 Å². The first kappa shape index (κ1) is 32.0. The molecule has 15 heteroatoms. The summed E-state index contributed by atoms with van der Waals surface area (Å²) in [5.41, 5.74) is -1.15. The molecule has 2 aromatic heterocycles. The van der Waals surface area contributed by atoms with Crippen LogP contribution in [0.2, 0.25) is 30.8 Å². The molecule has 1 N–H and O–H groups in total. The number of aromatic nitrogens is 3. The predicted octanol–water partition coefficient (Wildman–Crippen LogP) is 5.34. The van der Waals surface area contributed by atoms with Crippen molar-refractivity contribution in [3.63, 3.8) is 0 Å². The number of alkyl carbamates (subject to hydrolysis) is 1. The van der Waals surface area contributed by atoms with E-state index in [9.17, 15) is 14.0 Å². The van der Waals surface area contributed by atoms with Crippen LogP contribution in [0.4, 0.5) is 13.6 Å². The average Bonchev–Trinajstić information content (AvgIpc) is 3.65. The molecule has 42 heavy (non-hydrogen) atoms. The van der Waals surface area contributed by atoms with Crippen molar-refractivity contribution in [2.45, 2.75) is 49.3 Å². The fraction of sp³-hybridized carbons (Fsp3) is 0.481. The maximum atomic E-state index is 15.3. The Morgan fingerprint density at radius 2 is 1.98 bits per heavy atom. The van der Waals surface area contributed by atoms with Crippen molar-refractivity contribution in [2.24, 2.45) is 10.9 Å². The van der Waals surface area contributed by atoms with Crippen LogP contribution in [0.1, 0.15) is 30.2 Å². The second kappa shape index (κ2) is 12.3. The van der Waals surface area contributed by atoms with Crippen molar-refractivity contribution in [3.8, 4) is 0 Å². The molecule has 3 heterocycles. The Morgan fingerprint density at radius 3 is 2.62 bits per heavy atom. The molecule has 0 spiro atoms. The van der Waals surface area contributed by atoms with E-state index >= 15 is 4.39 Å². The lowest BCUT2D eigenvalue weighted by Gasteiger charge is -2.34. The van der Waals surface area contributed by atoms with E-state index in [4.69, 9.17) is 21.1 Å². The second-order valence-electron chi connectivity index (χ2n) is 11.7. The number of pyridine rings is 1. The van der Waals surface area contributed by atoms with Crippen molar-refractivity contribution < 1.29 is 27.8 Å². The molecule has 2 aliphatic rings. The highest BCUT2D eigenvalue weighted by molar-refractivity contribution is 8.15. The van der Waals surface area contributed by atoms with Crippen LogP contribution in [0.25, 0.3) is 11.9 Å². The molecule has 0 saturated heterocycles. The molecule has 226 valence electrons. The highest BCUT2D eigenvalue weighted by atomic mass is 35.5. The van der Waals surface area contributed by atoms with Crippen molar-refractivity contribution in [1.29, 1.82) is 0 Å². The zero-order valence-electron chi connectivity index (χ0n) is 24.2. The van der Waals surface area contributed by atoms with Gasteiger partial charge >= 0.3 is 6.09 Å². The molecule has 2 amide bonds. The summed E-state index contributed by atoms with van der Waals surface area (Å²) >= 11 is 6.77. The Morgan fingerprint density at radius 1 is 1.24 bits per heavy atom. The minimum Gasteiger partial charge on any atom is -0.385 e. The Balaban J connectivity index is 1.61. The summed E-state index contributed by atoms with van der Waals surface area (Å²) in [6.45, 7) is 8.76. The van der Waals surface area contributed by atoms with Gasteiger partial charge in [-0.05, 0) is 48.9 Å². The topological polar surface area (TPSA) is 119 Å². The smallest absolute Gasteiger partial charge is 0.385 e. The first-order chi connectivity index (χ1) is 19.6. The van der Waals surface area contributed by atoms with Crippen LogP contribution in [0.3, 0.4) is 0 Å². The molecule has 1 fully saturated rings. The monoisotopic (exact) mass is 638 g/mol. The summed E-state index contributed by atoms with van der Waals surface area (Å²) in [5.74, 6) is -2.23. The molecular weight excluding hydrogens is 606 g/mol. The van der Waals surface area contributed by atoms with E-state index in [-0.39, 0.29) is 39.8 Å². The highest BCUT2D eigenvalue weighted by Crippen LogP contribution is 2.67. The van der Waals surface area contributed by atoms with E-state index in [1.165, 1.54) is 29.6 Å².